The molecule has 0 aromatic carbocycles. The van der Waals surface area contributed by atoms with Crippen LogP contribution in [0.5, 0.6) is 0 Å². The summed E-state index contributed by atoms with van der Waals surface area (Å²) in [7, 11) is 0. The van der Waals surface area contributed by atoms with E-state index in [4.69, 9.17) is 0 Å². The molecule has 0 bridgehead atoms. The van der Waals surface area contributed by atoms with Crippen molar-refractivity contribution in [2.75, 3.05) is 18.1 Å². The van der Waals surface area contributed by atoms with Crippen molar-refractivity contribution in [1.29, 1.82) is 0 Å². The molecule has 5 heteroatoms. The molecule has 0 aliphatic carbocycles. The van der Waals surface area contributed by atoms with E-state index in [0.29, 0.717) is 5.92 Å². The maximum absolute atomic E-state index is 9.35. The van der Waals surface area contributed by atoms with E-state index in [1.54, 1.807) is 0 Å². The van der Waals surface area contributed by atoms with E-state index in [9.17, 15) is 5.11 Å². The molecule has 1 fully saturated rings. The molecule has 15 heavy (non-hydrogen) atoms. The van der Waals surface area contributed by atoms with E-state index in [1.807, 2.05) is 0 Å². The van der Waals surface area contributed by atoms with Gasteiger partial charge < -0.3 is 10.0 Å². The van der Waals surface area contributed by atoms with Gasteiger partial charge >= 0.3 is 0 Å². The molecule has 1 N–H and O–H groups in total. The van der Waals surface area contributed by atoms with Gasteiger partial charge in [0.15, 0.2) is 0 Å². The van der Waals surface area contributed by atoms with Gasteiger partial charge in [-0.3, -0.25) is 0 Å². The molecule has 0 spiro atoms. The second kappa shape index (κ2) is 4.45. The van der Waals surface area contributed by atoms with Gasteiger partial charge in [-0.25, -0.2) is 4.98 Å². The smallest absolute Gasteiger partial charge is 0.205 e. The molecule has 0 saturated carbocycles. The first kappa shape index (κ1) is 10.8. The number of rotatable bonds is 3. The van der Waals surface area contributed by atoms with Gasteiger partial charge in [0.2, 0.25) is 5.13 Å². The lowest BCUT2D eigenvalue weighted by Crippen LogP contribution is -2.35. The van der Waals surface area contributed by atoms with Gasteiger partial charge in [-0.15, -0.1) is 0 Å². The highest BCUT2D eigenvalue weighted by atomic mass is 32.1. The van der Waals surface area contributed by atoms with Crippen LogP contribution >= 0.6 is 11.5 Å². The van der Waals surface area contributed by atoms with Crippen molar-refractivity contribution in [2.45, 2.75) is 32.7 Å². The van der Waals surface area contributed by atoms with Crippen molar-refractivity contribution >= 4 is 16.7 Å². The fourth-order valence-corrected chi connectivity index (χ4v) is 2.86. The summed E-state index contributed by atoms with van der Waals surface area (Å²) in [5.74, 6) is 1.45. The summed E-state index contributed by atoms with van der Waals surface area (Å²) < 4.78 is 4.28. The average Bonchev–Trinajstić information content (AvgIpc) is 2.83. The van der Waals surface area contributed by atoms with Crippen molar-refractivity contribution in [1.82, 2.24) is 9.36 Å². The Balaban J connectivity index is 2.16. The van der Waals surface area contributed by atoms with Crippen LogP contribution in [0.2, 0.25) is 0 Å². The Hall–Kier alpha value is -0.680. The van der Waals surface area contributed by atoms with Crippen LogP contribution in [0.25, 0.3) is 0 Å². The minimum Gasteiger partial charge on any atom is -0.394 e. The third-order valence-corrected chi connectivity index (χ3v) is 3.88. The number of hydrogen-bond donors (Lipinski definition) is 1. The maximum Gasteiger partial charge on any atom is 0.205 e. The van der Waals surface area contributed by atoms with E-state index < -0.39 is 0 Å². The molecule has 2 rings (SSSR count). The quantitative estimate of drug-likeness (QED) is 0.846. The van der Waals surface area contributed by atoms with Crippen LogP contribution in [-0.4, -0.2) is 33.7 Å². The normalized spacial score (nSPS) is 26.2. The number of aliphatic hydroxyl groups is 1. The summed E-state index contributed by atoms with van der Waals surface area (Å²) in [6.45, 7) is 5.44. The Bertz CT molecular complexity index is 328. The molecule has 2 heterocycles. The van der Waals surface area contributed by atoms with Crippen molar-refractivity contribution < 1.29 is 5.11 Å². The van der Waals surface area contributed by atoms with E-state index in [1.165, 1.54) is 11.5 Å². The molecule has 1 saturated heterocycles. The molecule has 0 amide bonds. The molecule has 0 radical (unpaired) electrons. The Labute approximate surface area is 94.1 Å². The van der Waals surface area contributed by atoms with Crippen molar-refractivity contribution in [3.8, 4) is 0 Å². The first-order valence-corrected chi connectivity index (χ1v) is 6.23. The zero-order valence-electron chi connectivity index (χ0n) is 9.18. The van der Waals surface area contributed by atoms with Gasteiger partial charge in [0, 0.05) is 24.5 Å². The molecule has 1 aromatic rings. The third kappa shape index (κ3) is 1.99. The van der Waals surface area contributed by atoms with E-state index >= 15 is 0 Å². The van der Waals surface area contributed by atoms with Crippen LogP contribution in [0, 0.1) is 5.92 Å². The Morgan fingerprint density at radius 3 is 3.00 bits per heavy atom. The lowest BCUT2D eigenvalue weighted by atomic mass is 10.0. The predicted octanol–water partition coefficient (Wildman–Crippen LogP) is 1.31. The number of aliphatic hydroxyl groups excluding tert-OH is 1. The summed E-state index contributed by atoms with van der Waals surface area (Å²) in [6.07, 6.45) is 2.01. The highest BCUT2D eigenvalue weighted by molar-refractivity contribution is 7.09. The highest BCUT2D eigenvalue weighted by Crippen LogP contribution is 2.30. The van der Waals surface area contributed by atoms with E-state index in [0.717, 1.165) is 30.3 Å². The minimum atomic E-state index is 0.211. The second-order valence-electron chi connectivity index (χ2n) is 4.06. The number of aryl methyl sites for hydroxylation is 1. The van der Waals surface area contributed by atoms with Crippen molar-refractivity contribution in [2.24, 2.45) is 5.92 Å². The van der Waals surface area contributed by atoms with E-state index in [-0.39, 0.29) is 12.6 Å². The lowest BCUT2D eigenvalue weighted by molar-refractivity contribution is 0.244. The number of hydrogen-bond acceptors (Lipinski definition) is 5. The molecular formula is C10H17N3OS. The molecule has 2 unspecified atom stereocenters. The average molecular weight is 227 g/mol. The summed E-state index contributed by atoms with van der Waals surface area (Å²) in [5.41, 5.74) is 0. The molecule has 1 aliphatic rings. The van der Waals surface area contributed by atoms with Gasteiger partial charge in [0.05, 0.1) is 12.6 Å². The van der Waals surface area contributed by atoms with Crippen molar-refractivity contribution in [3.63, 3.8) is 0 Å². The Morgan fingerprint density at radius 2 is 2.40 bits per heavy atom. The zero-order valence-corrected chi connectivity index (χ0v) is 10.00. The third-order valence-electron chi connectivity index (χ3n) is 3.09. The summed E-state index contributed by atoms with van der Waals surface area (Å²) >= 11 is 1.45. The Morgan fingerprint density at radius 1 is 1.60 bits per heavy atom. The van der Waals surface area contributed by atoms with Gasteiger partial charge in [0.1, 0.15) is 5.82 Å². The molecular weight excluding hydrogens is 210 g/mol. The van der Waals surface area contributed by atoms with Crippen LogP contribution < -0.4 is 4.90 Å². The highest BCUT2D eigenvalue weighted by Gasteiger charge is 2.32. The summed E-state index contributed by atoms with van der Waals surface area (Å²) in [5, 5.41) is 10.3. The maximum atomic E-state index is 9.35. The topological polar surface area (TPSA) is 49.2 Å². The molecule has 4 nitrogen and oxygen atoms in total. The monoisotopic (exact) mass is 227 g/mol. The molecule has 2 atom stereocenters. The van der Waals surface area contributed by atoms with Gasteiger partial charge in [-0.1, -0.05) is 13.8 Å². The number of aromatic nitrogens is 2. The number of anilines is 1. The van der Waals surface area contributed by atoms with Crippen LogP contribution in [0.1, 0.15) is 26.1 Å². The van der Waals surface area contributed by atoms with Gasteiger partial charge in [0.25, 0.3) is 0 Å². The van der Waals surface area contributed by atoms with Crippen molar-refractivity contribution in [3.05, 3.63) is 5.82 Å². The van der Waals surface area contributed by atoms with Gasteiger partial charge in [-0.05, 0) is 12.3 Å². The number of nitrogens with zero attached hydrogens (tertiary/aromatic N) is 3. The zero-order chi connectivity index (χ0) is 10.8. The fourth-order valence-electron chi connectivity index (χ4n) is 2.03. The van der Waals surface area contributed by atoms with Crippen LogP contribution in [0.3, 0.4) is 0 Å². The fraction of sp³-hybridized carbons (Fsp3) is 0.800. The Kier molecular flexibility index (Phi) is 3.21. The molecule has 1 aromatic heterocycles. The van der Waals surface area contributed by atoms with Crippen LogP contribution in [0.15, 0.2) is 0 Å². The lowest BCUT2D eigenvalue weighted by Gasteiger charge is -2.23. The first-order valence-electron chi connectivity index (χ1n) is 5.46. The summed E-state index contributed by atoms with van der Waals surface area (Å²) in [6, 6.07) is 0.225. The molecule has 1 aliphatic heterocycles. The standard InChI is InChI=1S/C10H17N3OS/c1-3-9-11-10(15-12-9)13-5-4-7(2)8(13)6-14/h7-8,14H,3-6H2,1-2H3. The summed E-state index contributed by atoms with van der Waals surface area (Å²) in [4.78, 5) is 6.66. The second-order valence-corrected chi connectivity index (χ2v) is 4.79. The van der Waals surface area contributed by atoms with Crippen LogP contribution in [-0.2, 0) is 6.42 Å². The minimum absolute atomic E-state index is 0.211. The van der Waals surface area contributed by atoms with Gasteiger partial charge in [-0.2, -0.15) is 4.37 Å². The van der Waals surface area contributed by atoms with E-state index in [2.05, 4.69) is 28.1 Å². The molecule has 84 valence electrons. The predicted molar refractivity (Wildman–Crippen MR) is 61.3 cm³/mol. The van der Waals surface area contributed by atoms with Crippen LogP contribution in [0.4, 0.5) is 5.13 Å². The SMILES string of the molecule is CCc1nsc(N2CCC(C)C2CO)n1. The first-order chi connectivity index (χ1) is 7.26. The largest absolute Gasteiger partial charge is 0.394 e.